The minimum atomic E-state index is 0.0496. The standard InChI is InChI=1S/C15H22ClN3O/c1-13(20)17-7-4-8-18-9-11-19(12-10-18)15-6-3-2-5-14(15)16/h2-3,5-6H,4,7-12H2,1H3,(H,17,20). The smallest absolute Gasteiger partial charge is 0.216 e. The molecule has 1 heterocycles. The van der Waals surface area contributed by atoms with Gasteiger partial charge in [0.2, 0.25) is 5.91 Å². The largest absolute Gasteiger partial charge is 0.368 e. The minimum Gasteiger partial charge on any atom is -0.368 e. The number of hydrogen-bond acceptors (Lipinski definition) is 3. The average Bonchev–Trinajstić information content (AvgIpc) is 2.45. The van der Waals surface area contributed by atoms with Gasteiger partial charge in [0.05, 0.1) is 10.7 Å². The second-order valence-electron chi connectivity index (χ2n) is 5.12. The lowest BCUT2D eigenvalue weighted by molar-refractivity contribution is -0.118. The van der Waals surface area contributed by atoms with Crippen LogP contribution in [0.5, 0.6) is 0 Å². The van der Waals surface area contributed by atoms with Gasteiger partial charge in [-0.1, -0.05) is 23.7 Å². The first-order chi connectivity index (χ1) is 9.66. The fourth-order valence-electron chi connectivity index (χ4n) is 2.49. The van der Waals surface area contributed by atoms with Crippen LogP contribution in [0.1, 0.15) is 13.3 Å². The van der Waals surface area contributed by atoms with Crippen LogP contribution in [-0.2, 0) is 4.79 Å². The highest BCUT2D eigenvalue weighted by Crippen LogP contribution is 2.25. The minimum absolute atomic E-state index is 0.0496. The third-order valence-electron chi connectivity index (χ3n) is 3.59. The number of rotatable bonds is 5. The number of para-hydroxylation sites is 1. The molecular formula is C15H22ClN3O. The van der Waals surface area contributed by atoms with Crippen molar-refractivity contribution in [3.05, 3.63) is 29.3 Å². The summed E-state index contributed by atoms with van der Waals surface area (Å²) in [6.07, 6.45) is 1.01. The van der Waals surface area contributed by atoms with E-state index in [2.05, 4.69) is 21.2 Å². The monoisotopic (exact) mass is 295 g/mol. The van der Waals surface area contributed by atoms with Gasteiger partial charge in [-0.15, -0.1) is 0 Å². The molecule has 5 heteroatoms. The molecule has 1 N–H and O–H groups in total. The highest BCUT2D eigenvalue weighted by atomic mass is 35.5. The molecule has 1 fully saturated rings. The zero-order valence-electron chi connectivity index (χ0n) is 11.9. The summed E-state index contributed by atoms with van der Waals surface area (Å²) in [6, 6.07) is 8.01. The number of hydrogen-bond donors (Lipinski definition) is 1. The van der Waals surface area contributed by atoms with Crippen LogP contribution >= 0.6 is 11.6 Å². The summed E-state index contributed by atoms with van der Waals surface area (Å²) in [6.45, 7) is 7.46. The Kier molecular flexibility index (Phi) is 5.68. The van der Waals surface area contributed by atoms with E-state index < -0.39 is 0 Å². The second-order valence-corrected chi connectivity index (χ2v) is 5.52. The maximum Gasteiger partial charge on any atom is 0.216 e. The molecule has 0 aromatic heterocycles. The van der Waals surface area contributed by atoms with Gasteiger partial charge in [-0.05, 0) is 25.1 Å². The van der Waals surface area contributed by atoms with Gasteiger partial charge in [0, 0.05) is 39.6 Å². The van der Waals surface area contributed by atoms with Crippen molar-refractivity contribution in [1.82, 2.24) is 10.2 Å². The predicted molar refractivity (Wildman–Crippen MR) is 83.4 cm³/mol. The van der Waals surface area contributed by atoms with Gasteiger partial charge < -0.3 is 10.2 Å². The molecule has 20 heavy (non-hydrogen) atoms. The molecule has 1 amide bonds. The van der Waals surface area contributed by atoms with Crippen LogP contribution in [0.3, 0.4) is 0 Å². The zero-order chi connectivity index (χ0) is 14.4. The highest BCUT2D eigenvalue weighted by Gasteiger charge is 2.18. The number of piperazine rings is 1. The first-order valence-electron chi connectivity index (χ1n) is 7.13. The number of carbonyl (C=O) groups is 1. The normalized spacial score (nSPS) is 16.2. The molecule has 2 rings (SSSR count). The maximum absolute atomic E-state index is 10.8. The lowest BCUT2D eigenvalue weighted by atomic mass is 10.2. The van der Waals surface area contributed by atoms with E-state index in [1.807, 2.05) is 18.2 Å². The van der Waals surface area contributed by atoms with E-state index in [1.54, 1.807) is 6.92 Å². The Bertz CT molecular complexity index is 444. The summed E-state index contributed by atoms with van der Waals surface area (Å²) in [5.41, 5.74) is 1.13. The van der Waals surface area contributed by atoms with Gasteiger partial charge in [-0.2, -0.15) is 0 Å². The SMILES string of the molecule is CC(=O)NCCCN1CCN(c2ccccc2Cl)CC1. The summed E-state index contributed by atoms with van der Waals surface area (Å²) in [7, 11) is 0. The zero-order valence-corrected chi connectivity index (χ0v) is 12.7. The highest BCUT2D eigenvalue weighted by molar-refractivity contribution is 6.33. The van der Waals surface area contributed by atoms with Crippen molar-refractivity contribution in [1.29, 1.82) is 0 Å². The van der Waals surface area contributed by atoms with Gasteiger partial charge in [-0.3, -0.25) is 9.69 Å². The Hall–Kier alpha value is -1.26. The third kappa shape index (κ3) is 4.39. The van der Waals surface area contributed by atoms with Crippen LogP contribution in [0.25, 0.3) is 0 Å². The Labute approximate surface area is 125 Å². The quantitative estimate of drug-likeness (QED) is 0.844. The van der Waals surface area contributed by atoms with Crippen molar-refractivity contribution in [3.63, 3.8) is 0 Å². The molecule has 0 bridgehead atoms. The molecule has 1 aliphatic rings. The van der Waals surface area contributed by atoms with Crippen LogP contribution in [0.2, 0.25) is 5.02 Å². The molecule has 1 aromatic rings. The van der Waals surface area contributed by atoms with Crippen LogP contribution in [0.15, 0.2) is 24.3 Å². The van der Waals surface area contributed by atoms with Crippen molar-refractivity contribution in [2.75, 3.05) is 44.2 Å². The predicted octanol–water partition coefficient (Wildman–Crippen LogP) is 1.99. The molecule has 1 aromatic carbocycles. The van der Waals surface area contributed by atoms with Crippen LogP contribution in [0, 0.1) is 0 Å². The summed E-state index contributed by atoms with van der Waals surface area (Å²) < 4.78 is 0. The van der Waals surface area contributed by atoms with E-state index in [4.69, 9.17) is 11.6 Å². The Morgan fingerprint density at radius 2 is 1.95 bits per heavy atom. The Morgan fingerprint density at radius 1 is 1.25 bits per heavy atom. The number of benzene rings is 1. The fraction of sp³-hybridized carbons (Fsp3) is 0.533. The number of halogens is 1. The first kappa shape index (κ1) is 15.1. The molecule has 4 nitrogen and oxygen atoms in total. The average molecular weight is 296 g/mol. The molecule has 0 unspecified atom stereocenters. The molecule has 0 radical (unpaired) electrons. The third-order valence-corrected chi connectivity index (χ3v) is 3.91. The maximum atomic E-state index is 10.8. The number of nitrogens with zero attached hydrogens (tertiary/aromatic N) is 2. The number of amides is 1. The van der Waals surface area contributed by atoms with Crippen LogP contribution < -0.4 is 10.2 Å². The summed E-state index contributed by atoms with van der Waals surface area (Å²) in [5.74, 6) is 0.0496. The van der Waals surface area contributed by atoms with Gasteiger partial charge in [0.1, 0.15) is 0 Å². The van der Waals surface area contributed by atoms with Crippen molar-refractivity contribution in [3.8, 4) is 0 Å². The van der Waals surface area contributed by atoms with E-state index in [0.29, 0.717) is 0 Å². The molecule has 1 aliphatic heterocycles. The molecule has 0 atom stereocenters. The van der Waals surface area contributed by atoms with Crippen molar-refractivity contribution in [2.45, 2.75) is 13.3 Å². The number of carbonyl (C=O) groups excluding carboxylic acids is 1. The van der Waals surface area contributed by atoms with Crippen LogP contribution in [-0.4, -0.2) is 50.1 Å². The first-order valence-corrected chi connectivity index (χ1v) is 7.51. The Morgan fingerprint density at radius 3 is 2.60 bits per heavy atom. The Balaban J connectivity index is 1.73. The van der Waals surface area contributed by atoms with Crippen molar-refractivity contribution < 1.29 is 4.79 Å². The summed E-state index contributed by atoms with van der Waals surface area (Å²) in [4.78, 5) is 15.6. The van der Waals surface area contributed by atoms with E-state index in [0.717, 1.165) is 56.4 Å². The van der Waals surface area contributed by atoms with Crippen LogP contribution in [0.4, 0.5) is 5.69 Å². The molecule has 110 valence electrons. The summed E-state index contributed by atoms with van der Waals surface area (Å²) in [5, 5.41) is 3.66. The van der Waals surface area contributed by atoms with Crippen molar-refractivity contribution in [2.24, 2.45) is 0 Å². The number of nitrogens with one attached hydrogen (secondary N) is 1. The van der Waals surface area contributed by atoms with E-state index in [9.17, 15) is 4.79 Å². The molecule has 1 saturated heterocycles. The molecule has 0 saturated carbocycles. The van der Waals surface area contributed by atoms with E-state index in [-0.39, 0.29) is 5.91 Å². The molecule has 0 spiro atoms. The van der Waals surface area contributed by atoms with Crippen molar-refractivity contribution >= 4 is 23.2 Å². The lowest BCUT2D eigenvalue weighted by Gasteiger charge is -2.36. The van der Waals surface area contributed by atoms with Gasteiger partial charge in [0.25, 0.3) is 0 Å². The van der Waals surface area contributed by atoms with Gasteiger partial charge in [0.15, 0.2) is 0 Å². The molecular weight excluding hydrogens is 274 g/mol. The van der Waals surface area contributed by atoms with E-state index >= 15 is 0 Å². The lowest BCUT2D eigenvalue weighted by Crippen LogP contribution is -2.47. The van der Waals surface area contributed by atoms with Gasteiger partial charge in [-0.25, -0.2) is 0 Å². The van der Waals surface area contributed by atoms with Gasteiger partial charge >= 0.3 is 0 Å². The van der Waals surface area contributed by atoms with E-state index in [1.165, 1.54) is 0 Å². The fourth-order valence-corrected chi connectivity index (χ4v) is 2.74. The molecule has 0 aliphatic carbocycles. The summed E-state index contributed by atoms with van der Waals surface area (Å²) >= 11 is 6.23. The number of anilines is 1. The second kappa shape index (κ2) is 7.50. The topological polar surface area (TPSA) is 35.6 Å².